The number of hydrogen-bond donors (Lipinski definition) is 0. The van der Waals surface area contributed by atoms with Crippen LogP contribution >= 0.6 is 9.69 Å². The largest absolute Gasteiger partial charge is 0.255 e. The molecule has 0 aliphatic rings. The summed E-state index contributed by atoms with van der Waals surface area (Å²) in [7, 11) is 4.57. The Hall–Kier alpha value is -3.34. The van der Waals surface area contributed by atoms with Crippen LogP contribution in [0.3, 0.4) is 0 Å². The van der Waals surface area contributed by atoms with E-state index in [0.717, 1.165) is 34.2 Å². The van der Waals surface area contributed by atoms with Gasteiger partial charge in [-0.05, 0) is 60.7 Å². The van der Waals surface area contributed by atoms with E-state index in [9.17, 15) is 0 Å². The molecule has 0 aliphatic heterocycles. The van der Waals surface area contributed by atoms with Gasteiger partial charge < -0.3 is 0 Å². The van der Waals surface area contributed by atoms with Crippen LogP contribution in [0.2, 0.25) is 0 Å². The summed E-state index contributed by atoms with van der Waals surface area (Å²) < 4.78 is 0. The Morgan fingerprint density at radius 1 is 0.375 bits per heavy atom. The maximum Gasteiger partial charge on any atom is 0.0894 e. The summed E-state index contributed by atoms with van der Waals surface area (Å²) in [6.07, 6.45) is 7.07. The topological polar surface area (TPSA) is 64.5 Å². The summed E-state index contributed by atoms with van der Waals surface area (Å²) >= 11 is 1.82. The molecule has 32 heavy (non-hydrogen) atoms. The maximum atomic E-state index is 4.59. The van der Waals surface area contributed by atoms with E-state index in [-0.39, 0.29) is 0 Å². The molecule has 0 fully saturated rings. The molecule has 5 nitrogen and oxygen atoms in total. The second kappa shape index (κ2) is 13.2. The molecular weight excluding hydrogens is 507 g/mol. The molecule has 0 amide bonds. The number of rotatable bonds is 3. The van der Waals surface area contributed by atoms with Crippen LogP contribution in [0, 0.1) is 0 Å². The predicted molar refractivity (Wildman–Crippen MR) is 124 cm³/mol. The minimum atomic E-state index is 0.860. The Kier molecular flexibility index (Phi) is 9.59. The van der Waals surface area contributed by atoms with Crippen molar-refractivity contribution in [1.82, 2.24) is 24.9 Å². The van der Waals surface area contributed by atoms with E-state index in [2.05, 4.69) is 34.6 Å². The van der Waals surface area contributed by atoms with E-state index in [0.29, 0.717) is 0 Å². The first-order chi connectivity index (χ1) is 15.9. The third-order valence-electron chi connectivity index (χ3n) is 4.20. The monoisotopic (exact) mass is 526 g/mol. The number of nitrogens with zero attached hydrogens (tertiary/aromatic N) is 5. The zero-order chi connectivity index (χ0) is 22.4. The second-order valence-electron chi connectivity index (χ2n) is 6.27. The van der Waals surface area contributed by atoms with E-state index in [1.807, 2.05) is 108 Å². The molecule has 0 saturated carbocycles. The Bertz CT molecular complexity index is 1090. The molecular formula is C25H19ClN5Ru+. The quantitative estimate of drug-likeness (QED) is 0.269. The second-order valence-corrected chi connectivity index (χ2v) is 6.27. The van der Waals surface area contributed by atoms with Crippen LogP contribution in [0.15, 0.2) is 116 Å². The molecule has 0 aliphatic carbocycles. The Labute approximate surface area is 201 Å². The molecule has 7 heteroatoms. The van der Waals surface area contributed by atoms with E-state index >= 15 is 0 Å². The fourth-order valence-corrected chi connectivity index (χ4v) is 2.78. The van der Waals surface area contributed by atoms with Crippen LogP contribution in [0.25, 0.3) is 34.2 Å². The maximum absolute atomic E-state index is 4.59. The van der Waals surface area contributed by atoms with Crippen LogP contribution < -0.4 is 0 Å². The smallest absolute Gasteiger partial charge is 0.0894 e. The molecule has 0 N–H and O–H groups in total. The van der Waals surface area contributed by atoms with E-state index in [1.54, 1.807) is 24.8 Å². The SMILES string of the molecule is [Cl][Ru+].c1ccc(-c2cccc(-c3ccccn3)n2)nc1.c1ccc(-c2ccccn2)nc1. The van der Waals surface area contributed by atoms with Crippen molar-refractivity contribution in [3.8, 4) is 34.2 Å². The summed E-state index contributed by atoms with van der Waals surface area (Å²) in [5, 5.41) is 0. The number of pyridine rings is 5. The zero-order valence-electron chi connectivity index (χ0n) is 16.9. The molecule has 0 unspecified atom stereocenters. The van der Waals surface area contributed by atoms with Crippen molar-refractivity contribution in [2.24, 2.45) is 0 Å². The molecule has 5 rings (SSSR count). The van der Waals surface area contributed by atoms with Crippen molar-refractivity contribution in [3.63, 3.8) is 0 Å². The summed E-state index contributed by atoms with van der Waals surface area (Å²) in [5.74, 6) is 0. The van der Waals surface area contributed by atoms with Crippen LogP contribution in [0.5, 0.6) is 0 Å². The van der Waals surface area contributed by atoms with Gasteiger partial charge in [0.1, 0.15) is 0 Å². The van der Waals surface area contributed by atoms with Gasteiger partial charge in [0.05, 0.1) is 34.2 Å². The average Bonchev–Trinajstić information content (AvgIpc) is 2.92. The fraction of sp³-hybridized carbons (Fsp3) is 0. The van der Waals surface area contributed by atoms with Crippen LogP contribution in [0.4, 0.5) is 0 Å². The molecule has 5 heterocycles. The summed E-state index contributed by atoms with van der Waals surface area (Å²) in [6.45, 7) is 0. The summed E-state index contributed by atoms with van der Waals surface area (Å²) in [6, 6.07) is 29.1. The minimum absolute atomic E-state index is 0.860. The molecule has 0 saturated heterocycles. The van der Waals surface area contributed by atoms with Gasteiger partial charge in [0, 0.05) is 24.8 Å². The summed E-state index contributed by atoms with van der Waals surface area (Å²) in [4.78, 5) is 21.6. The molecule has 158 valence electrons. The molecule has 5 aromatic heterocycles. The van der Waals surface area contributed by atoms with Gasteiger partial charge in [-0.1, -0.05) is 30.3 Å². The van der Waals surface area contributed by atoms with E-state index in [1.165, 1.54) is 0 Å². The Balaban J connectivity index is 0.000000180. The van der Waals surface area contributed by atoms with Crippen LogP contribution in [0.1, 0.15) is 0 Å². The summed E-state index contributed by atoms with van der Waals surface area (Å²) in [5.41, 5.74) is 5.29. The van der Waals surface area contributed by atoms with E-state index < -0.39 is 0 Å². The zero-order valence-corrected chi connectivity index (χ0v) is 19.4. The first-order valence-corrected chi connectivity index (χ1v) is 11.9. The number of aromatic nitrogens is 5. The van der Waals surface area contributed by atoms with Crippen molar-refractivity contribution in [1.29, 1.82) is 0 Å². The van der Waals surface area contributed by atoms with Gasteiger partial charge in [0.15, 0.2) is 0 Å². The van der Waals surface area contributed by atoms with Crippen molar-refractivity contribution in [2.75, 3.05) is 0 Å². The fourth-order valence-electron chi connectivity index (χ4n) is 2.78. The average molecular weight is 526 g/mol. The van der Waals surface area contributed by atoms with Gasteiger partial charge in [0.25, 0.3) is 0 Å². The van der Waals surface area contributed by atoms with Crippen LogP contribution in [-0.2, 0) is 17.3 Å². The number of hydrogen-bond acceptors (Lipinski definition) is 5. The minimum Gasteiger partial charge on any atom is -0.255 e. The van der Waals surface area contributed by atoms with Crippen molar-refractivity contribution < 1.29 is 17.3 Å². The molecule has 0 atom stereocenters. The van der Waals surface area contributed by atoms with Gasteiger partial charge >= 0.3 is 27.0 Å². The Morgan fingerprint density at radius 3 is 0.938 bits per heavy atom. The molecule has 0 radical (unpaired) electrons. The van der Waals surface area contributed by atoms with Gasteiger partial charge in [-0.2, -0.15) is 0 Å². The van der Waals surface area contributed by atoms with Gasteiger partial charge in [-0.25, -0.2) is 4.98 Å². The van der Waals surface area contributed by atoms with Gasteiger partial charge in [-0.15, -0.1) is 0 Å². The molecule has 5 aromatic rings. The Morgan fingerprint density at radius 2 is 0.656 bits per heavy atom. The first kappa shape index (κ1) is 23.3. The molecule has 0 spiro atoms. The van der Waals surface area contributed by atoms with Crippen LogP contribution in [-0.4, -0.2) is 24.9 Å². The third-order valence-corrected chi connectivity index (χ3v) is 4.20. The predicted octanol–water partition coefficient (Wildman–Crippen LogP) is 6.04. The van der Waals surface area contributed by atoms with Gasteiger partial charge in [-0.3, -0.25) is 19.9 Å². The normalized spacial score (nSPS) is 9.56. The van der Waals surface area contributed by atoms with E-state index in [4.69, 9.17) is 0 Å². The van der Waals surface area contributed by atoms with Gasteiger partial charge in [0.2, 0.25) is 0 Å². The first-order valence-electron chi connectivity index (χ1n) is 9.66. The molecule has 0 bridgehead atoms. The van der Waals surface area contributed by atoms with Crippen molar-refractivity contribution >= 4 is 9.69 Å². The number of halogens is 1. The standard InChI is InChI=1S/C15H11N3.C10H8N2.ClH.Ru/c1-3-10-16-12(6-1)14-8-5-9-15(18-14)13-7-2-4-11-17-13;1-3-7-11-9(5-1)10-6-2-4-8-12-10;;/h1-11H;1-8H;1H;/q;;;+2/p-1. The molecule has 0 aromatic carbocycles. The van der Waals surface area contributed by atoms with Crippen molar-refractivity contribution in [3.05, 3.63) is 116 Å². The van der Waals surface area contributed by atoms with Crippen molar-refractivity contribution in [2.45, 2.75) is 0 Å². The third kappa shape index (κ3) is 6.84.